The maximum Gasteiger partial charge on any atom is 0.460 e. The molecule has 0 aromatic heterocycles. The first-order valence-corrected chi connectivity index (χ1v) is 5.85. The molecule has 4 nitrogen and oxygen atoms in total. The van der Waals surface area contributed by atoms with E-state index < -0.39 is 44.3 Å². The van der Waals surface area contributed by atoms with Crippen LogP contribution in [0.15, 0.2) is 0 Å². The van der Waals surface area contributed by atoms with Gasteiger partial charge in [0.15, 0.2) is 0 Å². The molecule has 0 aliphatic heterocycles. The minimum absolute atomic E-state index is 0. The normalized spacial score (nSPS) is 14.6. The summed E-state index contributed by atoms with van der Waals surface area (Å²) >= 11 is 0. The molecule has 25 heavy (non-hydrogen) atoms. The summed E-state index contributed by atoms with van der Waals surface area (Å²) in [5.74, 6) is -31.7. The number of halogens is 14. The predicted octanol–water partition coefficient (Wildman–Crippen LogP) is 4.17. The molecule has 0 saturated carbocycles. The maximum absolute atomic E-state index is 12.3. The van der Waals surface area contributed by atoms with Gasteiger partial charge in [-0.25, -0.2) is 0 Å². The summed E-state index contributed by atoms with van der Waals surface area (Å²) in [6, 6.07) is 0. The first-order chi connectivity index (χ1) is 9.98. The second-order valence-corrected chi connectivity index (χ2v) is 4.14. The standard InChI is InChI=1S/C6F14.H3N.H3O3P/c7-1(8,3(11,12)5(15,16)17)2(9,10)4(13,14)6(18,19)20;;1-4(2)3/h;1H3;4H,(H2,1,2,3). The van der Waals surface area contributed by atoms with Gasteiger partial charge in [-0.3, -0.25) is 4.57 Å². The lowest BCUT2D eigenvalue weighted by atomic mass is 9.98. The first kappa shape index (κ1) is 28.9. The molecule has 0 spiro atoms. The van der Waals surface area contributed by atoms with E-state index in [-0.39, 0.29) is 6.15 Å². The SMILES string of the molecule is FC(F)(F)C(F)(F)C(F)(F)C(F)(F)C(F)(F)C(F)(F)F.N.O=[PH](O)O. The summed E-state index contributed by atoms with van der Waals surface area (Å²) < 4.78 is 175. The summed E-state index contributed by atoms with van der Waals surface area (Å²) in [6.07, 6.45) is -15.0. The number of alkyl halides is 14. The van der Waals surface area contributed by atoms with Crippen LogP contribution in [-0.2, 0) is 4.57 Å². The van der Waals surface area contributed by atoms with E-state index in [0.717, 1.165) is 0 Å². The second-order valence-electron chi connectivity index (χ2n) is 3.58. The van der Waals surface area contributed by atoms with Crippen molar-refractivity contribution in [2.45, 2.75) is 36.0 Å². The van der Waals surface area contributed by atoms with E-state index in [1.165, 1.54) is 0 Å². The molecule has 19 heteroatoms. The molecule has 5 N–H and O–H groups in total. The third-order valence-corrected chi connectivity index (χ3v) is 1.90. The molecule has 0 unspecified atom stereocenters. The van der Waals surface area contributed by atoms with Gasteiger partial charge in [0.2, 0.25) is 0 Å². The summed E-state index contributed by atoms with van der Waals surface area (Å²) in [4.78, 5) is 14.3. The number of hydrogen-bond acceptors (Lipinski definition) is 2. The summed E-state index contributed by atoms with van der Waals surface area (Å²) in [7, 11) is -3.13. The van der Waals surface area contributed by atoms with E-state index in [9.17, 15) is 61.5 Å². The van der Waals surface area contributed by atoms with Gasteiger partial charge in [0, 0.05) is 0 Å². The third-order valence-electron chi connectivity index (χ3n) is 1.90. The van der Waals surface area contributed by atoms with Gasteiger partial charge in [-0.1, -0.05) is 0 Å². The highest BCUT2D eigenvalue weighted by molar-refractivity contribution is 7.30. The van der Waals surface area contributed by atoms with Crippen LogP contribution in [0, 0.1) is 0 Å². The van der Waals surface area contributed by atoms with Crippen molar-refractivity contribution in [3.05, 3.63) is 0 Å². The van der Waals surface area contributed by atoms with E-state index in [1.54, 1.807) is 0 Å². The van der Waals surface area contributed by atoms with Crippen molar-refractivity contribution >= 4 is 8.25 Å². The second kappa shape index (κ2) is 7.79. The van der Waals surface area contributed by atoms with Crippen molar-refractivity contribution in [2.24, 2.45) is 0 Å². The maximum atomic E-state index is 12.3. The molecule has 0 heterocycles. The third kappa shape index (κ3) is 5.30. The zero-order chi connectivity index (χ0) is 20.6. The molecule has 0 aliphatic rings. The Morgan fingerprint density at radius 3 is 0.680 bits per heavy atom. The van der Waals surface area contributed by atoms with Gasteiger partial charge in [-0.05, 0) is 0 Å². The predicted molar refractivity (Wildman–Crippen MR) is 50.4 cm³/mol. The lowest BCUT2D eigenvalue weighted by Gasteiger charge is -2.37. The highest BCUT2D eigenvalue weighted by Gasteiger charge is 2.91. The van der Waals surface area contributed by atoms with Crippen molar-refractivity contribution in [2.75, 3.05) is 0 Å². The summed E-state index contributed by atoms with van der Waals surface area (Å²) in [6.45, 7) is 0. The Kier molecular flexibility index (Phi) is 9.01. The van der Waals surface area contributed by atoms with E-state index in [1.807, 2.05) is 0 Å². The van der Waals surface area contributed by atoms with Gasteiger partial charge >= 0.3 is 44.3 Å². The number of hydrogen-bond donors (Lipinski definition) is 3. The van der Waals surface area contributed by atoms with Crippen LogP contribution < -0.4 is 6.15 Å². The van der Waals surface area contributed by atoms with E-state index in [4.69, 9.17) is 14.4 Å². The van der Waals surface area contributed by atoms with Crippen LogP contribution in [0.1, 0.15) is 0 Å². The average Bonchev–Trinajstić information content (AvgIpc) is 2.23. The Balaban J connectivity index is -0.000000867. The lowest BCUT2D eigenvalue weighted by Crippen LogP contribution is -2.69. The fourth-order valence-corrected chi connectivity index (χ4v) is 0.750. The van der Waals surface area contributed by atoms with Crippen LogP contribution in [0.25, 0.3) is 0 Å². The molecular formula is C6H6F14NO3P. The Morgan fingerprint density at radius 2 is 0.600 bits per heavy atom. The topological polar surface area (TPSA) is 92.5 Å². The van der Waals surface area contributed by atoms with Crippen LogP contribution in [-0.4, -0.2) is 45.8 Å². The number of rotatable bonds is 3. The van der Waals surface area contributed by atoms with Crippen LogP contribution in [0.5, 0.6) is 0 Å². The average molecular weight is 437 g/mol. The van der Waals surface area contributed by atoms with Gasteiger partial charge in [0.25, 0.3) is 0 Å². The van der Waals surface area contributed by atoms with Crippen LogP contribution in [0.4, 0.5) is 61.5 Å². The van der Waals surface area contributed by atoms with E-state index >= 15 is 0 Å². The largest absolute Gasteiger partial charge is 0.460 e. The fourth-order valence-electron chi connectivity index (χ4n) is 0.750. The van der Waals surface area contributed by atoms with Crippen LogP contribution in [0.2, 0.25) is 0 Å². The van der Waals surface area contributed by atoms with Crippen LogP contribution >= 0.6 is 8.25 Å². The van der Waals surface area contributed by atoms with Gasteiger partial charge < -0.3 is 15.9 Å². The molecule has 0 aliphatic carbocycles. The fraction of sp³-hybridized carbons (Fsp3) is 1.00. The first-order valence-electron chi connectivity index (χ1n) is 4.55. The Morgan fingerprint density at radius 1 is 0.480 bits per heavy atom. The molecular weight excluding hydrogens is 431 g/mol. The minimum Gasteiger partial charge on any atom is -0.344 e. The molecule has 0 saturated heterocycles. The Bertz CT molecular complexity index is 416. The highest BCUT2D eigenvalue weighted by atomic mass is 31.1. The highest BCUT2D eigenvalue weighted by Crippen LogP contribution is 2.60. The molecule has 0 fully saturated rings. The molecule has 156 valence electrons. The van der Waals surface area contributed by atoms with Crippen molar-refractivity contribution in [3.8, 4) is 0 Å². The van der Waals surface area contributed by atoms with E-state index in [0.29, 0.717) is 0 Å². The Hall–Kier alpha value is -0.870. The molecule has 0 bridgehead atoms. The van der Waals surface area contributed by atoms with Gasteiger partial charge in [-0.2, -0.15) is 61.5 Å². The van der Waals surface area contributed by atoms with Crippen molar-refractivity contribution < 1.29 is 75.8 Å². The van der Waals surface area contributed by atoms with Gasteiger partial charge in [0.1, 0.15) is 0 Å². The quantitative estimate of drug-likeness (QED) is 0.457. The minimum atomic E-state index is -8.04. The van der Waals surface area contributed by atoms with Crippen molar-refractivity contribution in [3.63, 3.8) is 0 Å². The smallest absolute Gasteiger partial charge is 0.344 e. The van der Waals surface area contributed by atoms with Gasteiger partial charge in [-0.15, -0.1) is 0 Å². The monoisotopic (exact) mass is 437 g/mol. The Labute approximate surface area is 127 Å². The molecule has 0 rings (SSSR count). The summed E-state index contributed by atoms with van der Waals surface area (Å²) in [5, 5.41) is 0. The van der Waals surface area contributed by atoms with Crippen molar-refractivity contribution in [1.29, 1.82) is 0 Å². The molecule has 0 atom stereocenters. The summed E-state index contributed by atoms with van der Waals surface area (Å²) in [5.41, 5.74) is 0. The zero-order valence-corrected chi connectivity index (χ0v) is 11.8. The van der Waals surface area contributed by atoms with Crippen LogP contribution in [0.3, 0.4) is 0 Å². The van der Waals surface area contributed by atoms with Crippen molar-refractivity contribution in [1.82, 2.24) is 6.15 Å². The molecule has 0 amide bonds. The molecule has 0 aromatic carbocycles. The lowest BCUT2D eigenvalue weighted by molar-refractivity contribution is -0.451. The zero-order valence-electron chi connectivity index (χ0n) is 10.8. The molecule has 0 radical (unpaired) electrons. The van der Waals surface area contributed by atoms with E-state index in [2.05, 4.69) is 0 Å². The molecule has 0 aromatic rings. The van der Waals surface area contributed by atoms with Gasteiger partial charge in [0.05, 0.1) is 0 Å².